The van der Waals surface area contributed by atoms with Crippen molar-refractivity contribution in [3.63, 3.8) is 0 Å². The van der Waals surface area contributed by atoms with Crippen molar-refractivity contribution in [2.75, 3.05) is 7.05 Å². The van der Waals surface area contributed by atoms with E-state index in [1.807, 2.05) is 6.07 Å². The SMILES string of the molecule is Cc1cc2oc(=O)cc(CN(C)Cc3cccs3)c2cc1C(C)C. The molecule has 24 heavy (non-hydrogen) atoms. The minimum atomic E-state index is -0.279. The van der Waals surface area contributed by atoms with E-state index in [0.29, 0.717) is 11.5 Å². The number of hydrogen-bond donors (Lipinski definition) is 0. The molecule has 1 aromatic carbocycles. The fourth-order valence-electron chi connectivity index (χ4n) is 3.16. The first kappa shape index (κ1) is 16.9. The van der Waals surface area contributed by atoms with E-state index in [0.717, 1.165) is 24.0 Å². The smallest absolute Gasteiger partial charge is 0.336 e. The van der Waals surface area contributed by atoms with Crippen molar-refractivity contribution in [2.24, 2.45) is 0 Å². The van der Waals surface area contributed by atoms with E-state index < -0.39 is 0 Å². The molecule has 4 heteroatoms. The quantitative estimate of drug-likeness (QED) is 0.618. The van der Waals surface area contributed by atoms with Gasteiger partial charge in [-0.15, -0.1) is 11.3 Å². The van der Waals surface area contributed by atoms with Crippen LogP contribution in [0.2, 0.25) is 0 Å². The molecule has 0 aliphatic heterocycles. The molecule has 3 nitrogen and oxygen atoms in total. The summed E-state index contributed by atoms with van der Waals surface area (Å²) in [5.74, 6) is 0.443. The number of hydrogen-bond acceptors (Lipinski definition) is 4. The number of aryl methyl sites for hydroxylation is 1. The van der Waals surface area contributed by atoms with Gasteiger partial charge in [-0.3, -0.25) is 4.90 Å². The summed E-state index contributed by atoms with van der Waals surface area (Å²) >= 11 is 1.75. The molecular formula is C20H23NO2S. The Morgan fingerprint density at radius 3 is 2.67 bits per heavy atom. The molecule has 0 fully saturated rings. The van der Waals surface area contributed by atoms with Crippen molar-refractivity contribution in [1.82, 2.24) is 4.90 Å². The van der Waals surface area contributed by atoms with Crippen molar-refractivity contribution in [3.8, 4) is 0 Å². The van der Waals surface area contributed by atoms with Gasteiger partial charge in [-0.1, -0.05) is 19.9 Å². The summed E-state index contributed by atoms with van der Waals surface area (Å²) in [7, 11) is 2.08. The van der Waals surface area contributed by atoms with Crippen LogP contribution in [0.5, 0.6) is 0 Å². The van der Waals surface area contributed by atoms with Crippen LogP contribution in [0.1, 0.15) is 41.3 Å². The minimum absolute atomic E-state index is 0.279. The molecule has 0 N–H and O–H groups in total. The van der Waals surface area contributed by atoms with Gasteiger partial charge in [0.1, 0.15) is 5.58 Å². The highest BCUT2D eigenvalue weighted by molar-refractivity contribution is 7.09. The average Bonchev–Trinajstić information content (AvgIpc) is 2.98. The van der Waals surface area contributed by atoms with Crippen LogP contribution in [0.3, 0.4) is 0 Å². The number of fused-ring (bicyclic) bond motifs is 1. The maximum atomic E-state index is 11.9. The molecule has 126 valence electrons. The zero-order valence-electron chi connectivity index (χ0n) is 14.6. The Bertz CT molecular complexity index is 894. The Hall–Kier alpha value is -1.91. The highest BCUT2D eigenvalue weighted by Gasteiger charge is 2.13. The lowest BCUT2D eigenvalue weighted by atomic mass is 9.95. The van der Waals surface area contributed by atoms with Crippen LogP contribution in [-0.4, -0.2) is 11.9 Å². The average molecular weight is 341 g/mol. The summed E-state index contributed by atoms with van der Waals surface area (Å²) in [5, 5.41) is 3.13. The molecule has 0 unspecified atom stereocenters. The molecule has 0 atom stereocenters. The van der Waals surface area contributed by atoms with E-state index in [4.69, 9.17) is 4.42 Å². The molecule has 0 spiro atoms. The van der Waals surface area contributed by atoms with E-state index >= 15 is 0 Å². The van der Waals surface area contributed by atoms with Crippen LogP contribution in [0.15, 0.2) is 44.9 Å². The van der Waals surface area contributed by atoms with E-state index in [-0.39, 0.29) is 5.63 Å². The molecule has 3 rings (SSSR count). The largest absolute Gasteiger partial charge is 0.423 e. The zero-order valence-corrected chi connectivity index (χ0v) is 15.4. The molecule has 0 aliphatic carbocycles. The number of rotatable bonds is 5. The molecule has 2 aromatic heterocycles. The number of thiophene rings is 1. The molecule has 0 saturated heterocycles. The lowest BCUT2D eigenvalue weighted by Crippen LogP contribution is -2.18. The molecule has 2 heterocycles. The van der Waals surface area contributed by atoms with Crippen LogP contribution < -0.4 is 5.63 Å². The van der Waals surface area contributed by atoms with Gasteiger partial charge in [0.05, 0.1) is 0 Å². The van der Waals surface area contributed by atoms with Gasteiger partial charge >= 0.3 is 5.63 Å². The Labute approximate surface area is 146 Å². The summed E-state index contributed by atoms with van der Waals surface area (Å²) in [4.78, 5) is 15.5. The second kappa shape index (κ2) is 6.91. The molecule has 0 bridgehead atoms. The molecule has 3 aromatic rings. The number of benzene rings is 1. The van der Waals surface area contributed by atoms with Gasteiger partial charge in [-0.05, 0) is 60.2 Å². The maximum Gasteiger partial charge on any atom is 0.336 e. The van der Waals surface area contributed by atoms with Gasteiger partial charge in [-0.25, -0.2) is 4.79 Å². The molecular weight excluding hydrogens is 318 g/mol. The standard InChI is InChI=1S/C20H23NO2S/c1-13(2)17-10-18-15(9-20(22)23-19(18)8-14(17)3)11-21(4)12-16-6-5-7-24-16/h5-10,13H,11-12H2,1-4H3. The second-order valence-corrected chi connectivity index (χ2v) is 7.73. The van der Waals surface area contributed by atoms with Crippen molar-refractivity contribution in [1.29, 1.82) is 0 Å². The highest BCUT2D eigenvalue weighted by Crippen LogP contribution is 2.27. The highest BCUT2D eigenvalue weighted by atomic mass is 32.1. The first-order chi connectivity index (χ1) is 11.4. The second-order valence-electron chi connectivity index (χ2n) is 6.70. The summed E-state index contributed by atoms with van der Waals surface area (Å²) < 4.78 is 5.43. The van der Waals surface area contributed by atoms with Crippen LogP contribution >= 0.6 is 11.3 Å². The monoisotopic (exact) mass is 341 g/mol. The third-order valence-corrected chi connectivity index (χ3v) is 5.15. The Morgan fingerprint density at radius 2 is 2.00 bits per heavy atom. The van der Waals surface area contributed by atoms with E-state index in [1.54, 1.807) is 17.4 Å². The van der Waals surface area contributed by atoms with Crippen molar-refractivity contribution >= 4 is 22.3 Å². The van der Waals surface area contributed by atoms with Crippen molar-refractivity contribution < 1.29 is 4.42 Å². The maximum absolute atomic E-state index is 11.9. The van der Waals surface area contributed by atoms with E-state index in [1.165, 1.54) is 16.0 Å². The first-order valence-corrected chi connectivity index (χ1v) is 9.10. The van der Waals surface area contributed by atoms with Crippen LogP contribution in [0.25, 0.3) is 11.0 Å². The fraction of sp³-hybridized carbons (Fsp3) is 0.350. The molecule has 0 saturated carbocycles. The topological polar surface area (TPSA) is 33.5 Å². The van der Waals surface area contributed by atoms with Gasteiger partial charge in [0, 0.05) is 29.4 Å². The summed E-state index contributed by atoms with van der Waals surface area (Å²) in [6.45, 7) is 8.05. The van der Waals surface area contributed by atoms with Crippen molar-refractivity contribution in [2.45, 2.75) is 39.8 Å². The van der Waals surface area contributed by atoms with Crippen LogP contribution in [-0.2, 0) is 13.1 Å². The summed E-state index contributed by atoms with van der Waals surface area (Å²) in [6.07, 6.45) is 0. The third-order valence-electron chi connectivity index (χ3n) is 4.28. The fourth-order valence-corrected chi connectivity index (χ4v) is 3.94. The minimum Gasteiger partial charge on any atom is -0.423 e. The Balaban J connectivity index is 1.99. The molecule has 0 amide bonds. The molecule has 0 aliphatic rings. The summed E-state index contributed by atoms with van der Waals surface area (Å²) in [5.41, 5.74) is 3.91. The first-order valence-electron chi connectivity index (χ1n) is 8.22. The number of nitrogens with zero attached hydrogens (tertiary/aromatic N) is 1. The van der Waals surface area contributed by atoms with Gasteiger partial charge in [-0.2, -0.15) is 0 Å². The van der Waals surface area contributed by atoms with Gasteiger partial charge < -0.3 is 4.42 Å². The van der Waals surface area contributed by atoms with Crippen LogP contribution in [0.4, 0.5) is 0 Å². The van der Waals surface area contributed by atoms with E-state index in [9.17, 15) is 4.79 Å². The Morgan fingerprint density at radius 1 is 1.21 bits per heavy atom. The van der Waals surface area contributed by atoms with Gasteiger partial charge in [0.2, 0.25) is 0 Å². The Kier molecular flexibility index (Phi) is 4.88. The van der Waals surface area contributed by atoms with Gasteiger partial charge in [0.25, 0.3) is 0 Å². The normalized spacial score (nSPS) is 11.8. The predicted octanol–water partition coefficient (Wildman–Crippen LogP) is 4.92. The zero-order chi connectivity index (χ0) is 17.3. The third kappa shape index (κ3) is 3.60. The lowest BCUT2D eigenvalue weighted by Gasteiger charge is -2.18. The summed E-state index contributed by atoms with van der Waals surface area (Å²) in [6, 6.07) is 10.0. The van der Waals surface area contributed by atoms with E-state index in [2.05, 4.69) is 56.3 Å². The lowest BCUT2D eigenvalue weighted by molar-refractivity contribution is 0.322. The molecule has 0 radical (unpaired) electrons. The van der Waals surface area contributed by atoms with Gasteiger partial charge in [0.15, 0.2) is 0 Å². The van der Waals surface area contributed by atoms with Crippen molar-refractivity contribution in [3.05, 3.63) is 67.7 Å². The van der Waals surface area contributed by atoms with Crippen LogP contribution in [0, 0.1) is 6.92 Å². The predicted molar refractivity (Wildman–Crippen MR) is 101 cm³/mol.